The van der Waals surface area contributed by atoms with Gasteiger partial charge in [-0.3, -0.25) is 14.3 Å². The maximum Gasteiger partial charge on any atom is 1.00 e. The van der Waals surface area contributed by atoms with E-state index < -0.39 is 47.7 Å². The van der Waals surface area contributed by atoms with Gasteiger partial charge in [-0.1, -0.05) is 0 Å². The van der Waals surface area contributed by atoms with Crippen LogP contribution in [-0.4, -0.2) is 60.2 Å². The Bertz CT molecular complexity index is 831. The molecule has 1 saturated heterocycles. The van der Waals surface area contributed by atoms with Crippen LogP contribution in [-0.2, 0) is 14.3 Å². The SMILES string of the molecule is O=C(O)/C=C(/CCC[C@H]1O[C@@H](n2ccc(=O)[nH]c2=O)[C@H](O)[C@@H]1O)C(=O)O.[Li+]. The second kappa shape index (κ2) is 9.68. The minimum atomic E-state index is -1.43. The summed E-state index contributed by atoms with van der Waals surface area (Å²) in [6, 6.07) is 1.06. The predicted octanol–water partition coefficient (Wildman–Crippen LogP) is -4.57. The smallest absolute Gasteiger partial charge is 0.478 e. The number of aromatic amines is 1. The predicted molar refractivity (Wildman–Crippen MR) is 84.5 cm³/mol. The summed E-state index contributed by atoms with van der Waals surface area (Å²) in [5, 5.41) is 37.7. The number of carboxylic acids is 2. The molecule has 0 unspecified atom stereocenters. The van der Waals surface area contributed by atoms with E-state index >= 15 is 0 Å². The third-order valence-electron chi connectivity index (χ3n) is 3.97. The molecule has 4 atom stereocenters. The van der Waals surface area contributed by atoms with Gasteiger partial charge in [-0.15, -0.1) is 0 Å². The maximum absolute atomic E-state index is 11.8. The second-order valence-corrected chi connectivity index (χ2v) is 5.77. The molecule has 11 nitrogen and oxygen atoms in total. The molecule has 2 heterocycles. The number of hydrogen-bond acceptors (Lipinski definition) is 7. The van der Waals surface area contributed by atoms with Crippen LogP contribution in [0.4, 0.5) is 0 Å². The summed E-state index contributed by atoms with van der Waals surface area (Å²) < 4.78 is 6.41. The Morgan fingerprint density at radius 1 is 1.22 bits per heavy atom. The second-order valence-electron chi connectivity index (χ2n) is 5.77. The number of carboxylic acid groups (broad SMARTS) is 2. The number of carbonyl (C=O) groups is 2. The van der Waals surface area contributed by atoms with Crippen LogP contribution in [0.2, 0.25) is 0 Å². The molecule has 0 spiro atoms. The topological polar surface area (TPSA) is 179 Å². The van der Waals surface area contributed by atoms with E-state index in [9.17, 15) is 29.4 Å². The van der Waals surface area contributed by atoms with Crippen LogP contribution in [0.5, 0.6) is 0 Å². The minimum absolute atomic E-state index is 0. The fourth-order valence-electron chi connectivity index (χ4n) is 2.71. The van der Waals surface area contributed by atoms with Crippen LogP contribution in [0.3, 0.4) is 0 Å². The van der Waals surface area contributed by atoms with Crippen molar-refractivity contribution >= 4 is 11.9 Å². The van der Waals surface area contributed by atoms with Gasteiger partial charge in [0.25, 0.3) is 5.56 Å². The van der Waals surface area contributed by atoms with Gasteiger partial charge in [0, 0.05) is 23.9 Å². The van der Waals surface area contributed by atoms with Crippen molar-refractivity contribution in [3.05, 3.63) is 44.8 Å². The van der Waals surface area contributed by atoms with E-state index in [-0.39, 0.29) is 43.7 Å². The number of rotatable bonds is 7. The molecule has 0 aliphatic carbocycles. The normalized spacial score (nSPS) is 25.0. The summed E-state index contributed by atoms with van der Waals surface area (Å²) in [6.07, 6.45) is -2.94. The van der Waals surface area contributed by atoms with E-state index in [1.807, 2.05) is 4.98 Å². The first-order valence-electron chi connectivity index (χ1n) is 7.70. The van der Waals surface area contributed by atoms with Crippen molar-refractivity contribution in [2.75, 3.05) is 0 Å². The van der Waals surface area contributed by atoms with Gasteiger partial charge in [-0.2, -0.15) is 0 Å². The summed E-state index contributed by atoms with van der Waals surface area (Å²) in [4.78, 5) is 46.4. The van der Waals surface area contributed by atoms with Crippen molar-refractivity contribution in [2.24, 2.45) is 0 Å². The zero-order valence-corrected chi connectivity index (χ0v) is 14.4. The van der Waals surface area contributed by atoms with Crippen molar-refractivity contribution in [1.82, 2.24) is 9.55 Å². The van der Waals surface area contributed by atoms with Gasteiger partial charge in [-0.25, -0.2) is 14.4 Å². The van der Waals surface area contributed by atoms with Gasteiger partial charge in [-0.05, 0) is 19.3 Å². The van der Waals surface area contributed by atoms with Crippen molar-refractivity contribution in [3.8, 4) is 0 Å². The Balaban J connectivity index is 0.00000364. The first kappa shape index (κ1) is 22.9. The number of nitrogens with zero attached hydrogens (tertiary/aromatic N) is 1. The molecular weight excluding hydrogens is 359 g/mol. The Morgan fingerprint density at radius 3 is 2.44 bits per heavy atom. The fraction of sp³-hybridized carbons (Fsp3) is 0.467. The molecular formula is C15H18LiN2O9+. The van der Waals surface area contributed by atoms with Gasteiger partial charge in [0.15, 0.2) is 6.23 Å². The van der Waals surface area contributed by atoms with Crippen LogP contribution in [0, 0.1) is 0 Å². The first-order chi connectivity index (χ1) is 12.2. The molecule has 27 heavy (non-hydrogen) atoms. The Hall–Kier alpha value is -2.16. The van der Waals surface area contributed by atoms with Crippen LogP contribution in [0.15, 0.2) is 33.5 Å². The maximum atomic E-state index is 11.8. The third-order valence-corrected chi connectivity index (χ3v) is 3.97. The van der Waals surface area contributed by atoms with E-state index in [2.05, 4.69) is 0 Å². The van der Waals surface area contributed by atoms with E-state index in [0.717, 1.165) is 16.8 Å². The number of aliphatic carboxylic acids is 2. The third kappa shape index (κ3) is 5.65. The number of aromatic nitrogens is 2. The van der Waals surface area contributed by atoms with Gasteiger partial charge >= 0.3 is 36.5 Å². The summed E-state index contributed by atoms with van der Waals surface area (Å²) in [5.41, 5.74) is -1.74. The van der Waals surface area contributed by atoms with Crippen molar-refractivity contribution in [3.63, 3.8) is 0 Å². The molecule has 1 fully saturated rings. The largest absolute Gasteiger partial charge is 1.00 e. The fourth-order valence-corrected chi connectivity index (χ4v) is 2.71. The van der Waals surface area contributed by atoms with Gasteiger partial charge in [0.2, 0.25) is 0 Å². The van der Waals surface area contributed by atoms with Gasteiger partial charge in [0.05, 0.1) is 6.10 Å². The van der Waals surface area contributed by atoms with E-state index in [1.54, 1.807) is 0 Å². The molecule has 0 aromatic carbocycles. The average molecular weight is 377 g/mol. The van der Waals surface area contributed by atoms with E-state index in [1.165, 1.54) is 0 Å². The molecule has 0 saturated carbocycles. The van der Waals surface area contributed by atoms with Crippen LogP contribution >= 0.6 is 0 Å². The van der Waals surface area contributed by atoms with E-state index in [4.69, 9.17) is 14.9 Å². The van der Waals surface area contributed by atoms with Crippen LogP contribution in [0.1, 0.15) is 25.5 Å². The van der Waals surface area contributed by atoms with Gasteiger partial charge in [0.1, 0.15) is 12.2 Å². The summed E-state index contributed by atoms with van der Waals surface area (Å²) in [7, 11) is 0. The van der Waals surface area contributed by atoms with E-state index in [0.29, 0.717) is 6.08 Å². The molecule has 0 bridgehead atoms. The number of H-pyrrole nitrogens is 1. The summed E-state index contributed by atoms with van der Waals surface area (Å²) in [5.74, 6) is -2.74. The Labute approximate surface area is 164 Å². The van der Waals surface area contributed by atoms with Crippen LogP contribution in [0.25, 0.3) is 0 Å². The number of aliphatic hydroxyl groups is 2. The molecule has 0 amide bonds. The molecule has 1 aromatic rings. The Morgan fingerprint density at radius 2 is 1.89 bits per heavy atom. The van der Waals surface area contributed by atoms with Crippen molar-refractivity contribution in [2.45, 2.75) is 43.8 Å². The molecule has 1 aliphatic heterocycles. The number of nitrogens with one attached hydrogen (secondary N) is 1. The van der Waals surface area contributed by atoms with Crippen LogP contribution < -0.4 is 30.1 Å². The standard InChI is InChI=1S/C15H18N2O9.Li/c18-9-4-5-17(15(25)16-9)13-12(22)11(21)8(26-13)3-1-2-7(14(23)24)6-10(19)20;/h4-6,8,11-13,21-22H,1-3H2,(H,19,20)(H,23,24)(H,16,18,25);/q;+1/b7-6-;/t8-,11-,12-,13-;/m1./s1. The minimum Gasteiger partial charge on any atom is -0.478 e. The molecule has 2 rings (SSSR count). The molecule has 12 heteroatoms. The monoisotopic (exact) mass is 377 g/mol. The molecule has 1 aromatic heterocycles. The van der Waals surface area contributed by atoms with Crippen molar-refractivity contribution < 1.29 is 53.6 Å². The number of aliphatic hydroxyl groups excluding tert-OH is 2. The average Bonchev–Trinajstić information content (AvgIpc) is 2.82. The first-order valence-corrected chi connectivity index (χ1v) is 7.70. The summed E-state index contributed by atoms with van der Waals surface area (Å²) in [6.45, 7) is 0. The number of hydrogen-bond donors (Lipinski definition) is 5. The number of ether oxygens (including phenoxy) is 1. The Kier molecular flexibility index (Phi) is 8.20. The molecule has 0 radical (unpaired) electrons. The molecule has 142 valence electrons. The summed E-state index contributed by atoms with van der Waals surface area (Å²) >= 11 is 0. The van der Waals surface area contributed by atoms with Crippen molar-refractivity contribution in [1.29, 1.82) is 0 Å². The molecule has 5 N–H and O–H groups in total. The molecule has 1 aliphatic rings. The zero-order chi connectivity index (χ0) is 19.4. The quantitative estimate of drug-likeness (QED) is 0.231. The van der Waals surface area contributed by atoms with Gasteiger partial charge < -0.3 is 25.2 Å². The zero-order valence-electron chi connectivity index (χ0n) is 14.4.